The van der Waals surface area contributed by atoms with Gasteiger partial charge in [0, 0.05) is 42.9 Å². The van der Waals surface area contributed by atoms with Gasteiger partial charge < -0.3 is 10.6 Å². The Morgan fingerprint density at radius 2 is 2.22 bits per heavy atom. The summed E-state index contributed by atoms with van der Waals surface area (Å²) in [5, 5.41) is 5.54. The summed E-state index contributed by atoms with van der Waals surface area (Å²) < 4.78 is 0. The first-order valence-electron chi connectivity index (χ1n) is 7.27. The van der Waals surface area contributed by atoms with Crippen molar-refractivity contribution in [3.05, 3.63) is 60.4 Å². The fourth-order valence-corrected chi connectivity index (χ4v) is 2.30. The van der Waals surface area contributed by atoms with E-state index in [4.69, 9.17) is 0 Å². The smallest absolute Gasteiger partial charge is 0.321 e. The lowest BCUT2D eigenvalue weighted by Gasteiger charge is -2.15. The van der Waals surface area contributed by atoms with Gasteiger partial charge in [-0.25, -0.2) is 4.79 Å². The highest BCUT2D eigenvalue weighted by Crippen LogP contribution is 2.21. The first-order valence-corrected chi connectivity index (χ1v) is 7.27. The molecule has 1 fully saturated rings. The summed E-state index contributed by atoms with van der Waals surface area (Å²) in [7, 11) is 0. The van der Waals surface area contributed by atoms with E-state index < -0.39 is 0 Å². The molecule has 1 aromatic carbocycles. The predicted octanol–water partition coefficient (Wildman–Crippen LogP) is 2.26. The predicted molar refractivity (Wildman–Crippen MR) is 89.1 cm³/mol. The fourth-order valence-electron chi connectivity index (χ4n) is 2.30. The summed E-state index contributed by atoms with van der Waals surface area (Å²) in [5.74, 6) is -0.239. The van der Waals surface area contributed by atoms with Crippen LogP contribution in [0.3, 0.4) is 0 Å². The number of hydrogen-bond acceptors (Lipinski definition) is 3. The van der Waals surface area contributed by atoms with E-state index in [1.807, 2.05) is 18.2 Å². The quantitative estimate of drug-likeness (QED) is 0.851. The first kappa shape index (κ1) is 14.8. The Morgan fingerprint density at radius 1 is 1.30 bits per heavy atom. The van der Waals surface area contributed by atoms with Crippen molar-refractivity contribution in [2.24, 2.45) is 0 Å². The molecule has 0 saturated carbocycles. The Kier molecular flexibility index (Phi) is 4.33. The average Bonchev–Trinajstić information content (AvgIpc) is 3.00. The number of carbonyl (C=O) groups excluding carboxylic acids is 2. The molecule has 1 aromatic heterocycles. The van der Waals surface area contributed by atoms with Crippen molar-refractivity contribution in [3.8, 4) is 0 Å². The van der Waals surface area contributed by atoms with Crippen LogP contribution in [0.15, 0.2) is 54.9 Å². The number of pyridine rings is 1. The van der Waals surface area contributed by atoms with Crippen LogP contribution in [-0.2, 0) is 4.79 Å². The minimum atomic E-state index is -0.239. The standard InChI is InChI=1S/C17H16N4O2/c22-16(7-6-13-3-2-8-18-12-13)20-14-4-1-5-15(11-14)21-10-9-19-17(21)23/h1-8,11-12H,9-10H2,(H,19,23)(H,20,22)/b7-6+. The third-order valence-electron chi connectivity index (χ3n) is 3.39. The molecule has 0 unspecified atom stereocenters. The van der Waals surface area contributed by atoms with Gasteiger partial charge in [-0.2, -0.15) is 0 Å². The van der Waals surface area contributed by atoms with Crippen molar-refractivity contribution in [1.82, 2.24) is 10.3 Å². The van der Waals surface area contributed by atoms with Crippen LogP contribution in [-0.4, -0.2) is 30.0 Å². The van der Waals surface area contributed by atoms with E-state index in [2.05, 4.69) is 15.6 Å². The molecule has 0 aliphatic carbocycles. The Balaban J connectivity index is 1.67. The van der Waals surface area contributed by atoms with Crippen LogP contribution in [0.4, 0.5) is 16.2 Å². The minimum Gasteiger partial charge on any atom is -0.336 e. The largest absolute Gasteiger partial charge is 0.336 e. The zero-order valence-corrected chi connectivity index (χ0v) is 12.4. The zero-order chi connectivity index (χ0) is 16.1. The Morgan fingerprint density at radius 3 is 2.96 bits per heavy atom. The molecule has 1 aliphatic heterocycles. The van der Waals surface area contributed by atoms with E-state index in [-0.39, 0.29) is 11.9 Å². The number of benzene rings is 1. The number of nitrogens with one attached hydrogen (secondary N) is 2. The molecule has 0 bridgehead atoms. The second-order valence-electron chi connectivity index (χ2n) is 5.04. The molecular weight excluding hydrogens is 292 g/mol. The number of carbonyl (C=O) groups is 2. The van der Waals surface area contributed by atoms with Gasteiger partial charge >= 0.3 is 6.03 Å². The van der Waals surface area contributed by atoms with Crippen LogP contribution in [0.1, 0.15) is 5.56 Å². The molecule has 0 radical (unpaired) electrons. The molecule has 23 heavy (non-hydrogen) atoms. The van der Waals surface area contributed by atoms with Crippen LogP contribution in [0.2, 0.25) is 0 Å². The van der Waals surface area contributed by atoms with Crippen LogP contribution in [0, 0.1) is 0 Å². The van der Waals surface area contributed by atoms with Crippen LogP contribution >= 0.6 is 0 Å². The topological polar surface area (TPSA) is 74.3 Å². The Hall–Kier alpha value is -3.15. The second-order valence-corrected chi connectivity index (χ2v) is 5.04. The number of rotatable bonds is 4. The molecule has 0 spiro atoms. The average molecular weight is 308 g/mol. The maximum atomic E-state index is 12.0. The number of amides is 3. The highest BCUT2D eigenvalue weighted by Gasteiger charge is 2.21. The summed E-state index contributed by atoms with van der Waals surface area (Å²) >= 11 is 0. The fraction of sp³-hybridized carbons (Fsp3) is 0.118. The van der Waals surface area contributed by atoms with E-state index in [0.29, 0.717) is 18.8 Å². The third-order valence-corrected chi connectivity index (χ3v) is 3.39. The van der Waals surface area contributed by atoms with E-state index in [1.54, 1.807) is 41.6 Å². The van der Waals surface area contributed by atoms with Crippen molar-refractivity contribution in [2.45, 2.75) is 0 Å². The lowest BCUT2D eigenvalue weighted by Crippen LogP contribution is -2.27. The second kappa shape index (κ2) is 6.74. The molecule has 6 heteroatoms. The third kappa shape index (κ3) is 3.74. The van der Waals surface area contributed by atoms with Crippen molar-refractivity contribution < 1.29 is 9.59 Å². The van der Waals surface area contributed by atoms with Gasteiger partial charge in [-0.1, -0.05) is 12.1 Å². The molecule has 1 saturated heterocycles. The van der Waals surface area contributed by atoms with E-state index >= 15 is 0 Å². The van der Waals surface area contributed by atoms with Crippen molar-refractivity contribution in [1.29, 1.82) is 0 Å². The summed E-state index contributed by atoms with van der Waals surface area (Å²) in [5.41, 5.74) is 2.25. The summed E-state index contributed by atoms with van der Waals surface area (Å²) in [4.78, 5) is 29.3. The molecule has 0 atom stereocenters. The van der Waals surface area contributed by atoms with Gasteiger partial charge in [0.15, 0.2) is 0 Å². The van der Waals surface area contributed by atoms with Gasteiger partial charge in [0.2, 0.25) is 5.91 Å². The number of hydrogen-bond donors (Lipinski definition) is 2. The van der Waals surface area contributed by atoms with E-state index in [0.717, 1.165) is 11.3 Å². The summed E-state index contributed by atoms with van der Waals surface area (Å²) in [6, 6.07) is 10.8. The Labute approximate surface area is 133 Å². The minimum absolute atomic E-state index is 0.120. The van der Waals surface area contributed by atoms with Crippen molar-refractivity contribution in [2.75, 3.05) is 23.3 Å². The molecule has 2 N–H and O–H groups in total. The van der Waals surface area contributed by atoms with Crippen LogP contribution < -0.4 is 15.5 Å². The van der Waals surface area contributed by atoms with Gasteiger partial charge in [-0.15, -0.1) is 0 Å². The molecule has 2 heterocycles. The normalized spacial score (nSPS) is 14.1. The van der Waals surface area contributed by atoms with Crippen LogP contribution in [0.5, 0.6) is 0 Å². The first-order chi connectivity index (χ1) is 11.2. The summed E-state index contributed by atoms with van der Waals surface area (Å²) in [6.45, 7) is 1.25. The van der Waals surface area contributed by atoms with E-state index in [9.17, 15) is 9.59 Å². The number of anilines is 2. The van der Waals surface area contributed by atoms with Gasteiger partial charge in [0.25, 0.3) is 0 Å². The maximum Gasteiger partial charge on any atom is 0.321 e. The monoisotopic (exact) mass is 308 g/mol. The van der Waals surface area contributed by atoms with Gasteiger partial charge in [-0.05, 0) is 35.9 Å². The molecule has 1 aliphatic rings. The lowest BCUT2D eigenvalue weighted by atomic mass is 10.2. The van der Waals surface area contributed by atoms with Crippen molar-refractivity contribution in [3.63, 3.8) is 0 Å². The molecule has 116 valence electrons. The van der Waals surface area contributed by atoms with Gasteiger partial charge in [0.05, 0.1) is 0 Å². The highest BCUT2D eigenvalue weighted by molar-refractivity contribution is 6.02. The number of nitrogens with zero attached hydrogens (tertiary/aromatic N) is 2. The van der Waals surface area contributed by atoms with Gasteiger partial charge in [-0.3, -0.25) is 14.7 Å². The SMILES string of the molecule is O=C(/C=C/c1cccnc1)Nc1cccc(N2CCNC2=O)c1. The highest BCUT2D eigenvalue weighted by atomic mass is 16.2. The molecular formula is C17H16N4O2. The van der Waals surface area contributed by atoms with Crippen molar-refractivity contribution >= 4 is 29.4 Å². The zero-order valence-electron chi connectivity index (χ0n) is 12.4. The maximum absolute atomic E-state index is 12.0. The van der Waals surface area contributed by atoms with E-state index in [1.165, 1.54) is 6.08 Å². The Bertz CT molecular complexity index is 743. The number of urea groups is 1. The number of aromatic nitrogens is 1. The lowest BCUT2D eigenvalue weighted by molar-refractivity contribution is -0.111. The van der Waals surface area contributed by atoms with Crippen LogP contribution in [0.25, 0.3) is 6.08 Å². The summed E-state index contributed by atoms with van der Waals surface area (Å²) in [6.07, 6.45) is 6.50. The molecule has 2 aromatic rings. The van der Waals surface area contributed by atoms with Gasteiger partial charge in [0.1, 0.15) is 0 Å². The molecule has 3 rings (SSSR count). The molecule has 6 nitrogen and oxygen atoms in total. The molecule has 3 amide bonds.